The number of hydrogen-bond acceptors (Lipinski definition) is 14. The van der Waals surface area contributed by atoms with Gasteiger partial charge in [0.2, 0.25) is 0 Å². The van der Waals surface area contributed by atoms with Gasteiger partial charge >= 0.3 is 0 Å². The molecule has 0 aliphatic rings. The molecule has 15 nitrogen and oxygen atoms in total. The molecule has 0 radical (unpaired) electrons. The highest BCUT2D eigenvalue weighted by Crippen LogP contribution is 2.40. The number of hydrogen-bond donors (Lipinski definition) is 2. The normalized spacial score (nSPS) is 19.1. The van der Waals surface area contributed by atoms with Crippen LogP contribution in [0.3, 0.4) is 0 Å². The second kappa shape index (κ2) is 18.5. The molecule has 0 amide bonds. The van der Waals surface area contributed by atoms with Gasteiger partial charge < -0.3 is 56.8 Å². The lowest BCUT2D eigenvalue weighted by atomic mass is 10.1. The molecule has 2 N–H and O–H groups in total. The van der Waals surface area contributed by atoms with E-state index in [0.29, 0.717) is 12.8 Å². The van der Waals surface area contributed by atoms with E-state index in [1.165, 1.54) is 0 Å². The van der Waals surface area contributed by atoms with Gasteiger partial charge in [-0.1, -0.05) is 13.8 Å². The van der Waals surface area contributed by atoms with Gasteiger partial charge in [0, 0.05) is 18.4 Å². The van der Waals surface area contributed by atoms with Gasteiger partial charge in [-0.05, 0) is 12.8 Å². The van der Waals surface area contributed by atoms with Crippen LogP contribution in [0.15, 0.2) is 0 Å². The summed E-state index contributed by atoms with van der Waals surface area (Å²) in [5.74, 6) is -0.903. The first-order valence-corrected chi connectivity index (χ1v) is 14.9. The highest BCUT2D eigenvalue weighted by molar-refractivity contribution is 7.46. The summed E-state index contributed by atoms with van der Waals surface area (Å²) in [5.41, 5.74) is 0. The second-order valence-corrected chi connectivity index (χ2v) is 10.9. The first kappa shape index (κ1) is 34.2. The third kappa shape index (κ3) is 20.4. The van der Waals surface area contributed by atoms with E-state index in [1.54, 1.807) is 13.8 Å². The van der Waals surface area contributed by atoms with Gasteiger partial charge in [-0.3, -0.25) is 13.7 Å². The summed E-state index contributed by atoms with van der Waals surface area (Å²) in [6.07, 6.45) is 0.884. The van der Waals surface area contributed by atoms with Crippen LogP contribution in [0.4, 0.5) is 0 Å². The fourth-order valence-corrected chi connectivity index (χ4v) is 3.92. The zero-order valence-electron chi connectivity index (χ0n) is 19.2. The van der Waals surface area contributed by atoms with E-state index >= 15 is 0 Å². The molecule has 0 spiro atoms. The predicted molar refractivity (Wildman–Crippen MR) is 111 cm³/mol. The Morgan fingerprint density at radius 1 is 0.647 bits per heavy atom. The maximum absolute atomic E-state index is 11.7. The molecule has 0 saturated heterocycles. The predicted octanol–water partition coefficient (Wildman–Crippen LogP) is -0.455. The molecule has 0 fully saturated rings. The van der Waals surface area contributed by atoms with Crippen LogP contribution < -0.4 is 14.7 Å². The number of phosphoric acid groups is 3. The summed E-state index contributed by atoms with van der Waals surface area (Å²) in [6, 6.07) is 0. The molecular formula is C16H34O15P3-3. The summed E-state index contributed by atoms with van der Waals surface area (Å²) in [6.45, 7) is 1.60. The van der Waals surface area contributed by atoms with E-state index in [0.717, 1.165) is 0 Å². The van der Waals surface area contributed by atoms with Gasteiger partial charge in [-0.15, -0.1) is 0 Å². The largest absolute Gasteiger partial charge is 0.756 e. The Morgan fingerprint density at radius 3 is 1.41 bits per heavy atom. The van der Waals surface area contributed by atoms with E-state index in [4.69, 9.17) is 19.5 Å². The molecule has 0 heterocycles. The fourth-order valence-electron chi connectivity index (χ4n) is 1.99. The van der Waals surface area contributed by atoms with Gasteiger partial charge in [0.25, 0.3) is 23.5 Å². The Balaban J connectivity index is 3.80. The maximum atomic E-state index is 11.7. The van der Waals surface area contributed by atoms with E-state index in [1.807, 2.05) is 0 Å². The molecule has 5 atom stereocenters. The van der Waals surface area contributed by atoms with Gasteiger partial charge in [-0.25, -0.2) is 0 Å². The van der Waals surface area contributed by atoms with Crippen molar-refractivity contribution in [3.05, 3.63) is 0 Å². The minimum absolute atomic E-state index is 0.0589. The molecular weight excluding hydrogens is 525 g/mol. The summed E-state index contributed by atoms with van der Waals surface area (Å²) in [7, 11) is -14.0. The van der Waals surface area contributed by atoms with E-state index in [2.05, 4.69) is 22.6 Å². The van der Waals surface area contributed by atoms with Crippen LogP contribution >= 0.6 is 23.5 Å². The van der Waals surface area contributed by atoms with Crippen molar-refractivity contribution in [2.45, 2.75) is 26.7 Å². The van der Waals surface area contributed by atoms with E-state index in [-0.39, 0.29) is 58.8 Å². The first-order chi connectivity index (χ1) is 15.8. The number of phosphoric ester groups is 3. The number of aliphatic hydroxyl groups excluding tert-OH is 1. The van der Waals surface area contributed by atoms with Crippen LogP contribution in [0, 0.1) is 11.8 Å². The minimum atomic E-state index is -4.91. The van der Waals surface area contributed by atoms with Gasteiger partial charge in [0.05, 0.1) is 59.5 Å². The van der Waals surface area contributed by atoms with E-state index < -0.39 is 42.6 Å². The third-order valence-corrected chi connectivity index (χ3v) is 6.55. The molecule has 0 aromatic heterocycles. The summed E-state index contributed by atoms with van der Waals surface area (Å²) in [5, 5.41) is 8.99. The average molecular weight is 559 g/mol. The lowest BCUT2D eigenvalue weighted by Crippen LogP contribution is -2.20. The lowest BCUT2D eigenvalue weighted by Gasteiger charge is -2.26. The Bertz CT molecular complexity index is 654. The Labute approximate surface area is 199 Å². The van der Waals surface area contributed by atoms with Crippen molar-refractivity contribution >= 4 is 23.5 Å². The fraction of sp³-hybridized carbons (Fsp3) is 1.00. The first-order valence-electron chi connectivity index (χ1n) is 10.5. The summed E-state index contributed by atoms with van der Waals surface area (Å²) < 4.78 is 66.7. The molecule has 0 bridgehead atoms. The van der Waals surface area contributed by atoms with Crippen molar-refractivity contribution in [1.29, 1.82) is 0 Å². The summed E-state index contributed by atoms with van der Waals surface area (Å²) >= 11 is 0. The summed E-state index contributed by atoms with van der Waals surface area (Å²) in [4.78, 5) is 42.3. The highest BCUT2D eigenvalue weighted by Gasteiger charge is 2.16. The van der Waals surface area contributed by atoms with Crippen molar-refractivity contribution in [2.24, 2.45) is 11.8 Å². The van der Waals surface area contributed by atoms with E-state index in [9.17, 15) is 28.4 Å². The molecule has 5 unspecified atom stereocenters. The van der Waals surface area contributed by atoms with Crippen molar-refractivity contribution in [3.8, 4) is 0 Å². The molecule has 0 aromatic rings. The molecule has 0 aliphatic heterocycles. The lowest BCUT2D eigenvalue weighted by molar-refractivity contribution is -0.229. The van der Waals surface area contributed by atoms with Gasteiger partial charge in [0.15, 0.2) is 0 Å². The average Bonchev–Trinajstić information content (AvgIpc) is 2.75. The number of aliphatic hydroxyl groups is 1. The third-order valence-electron chi connectivity index (χ3n) is 4.15. The standard InChI is InChI=1S/C16H37O15P3/c1-3-15(11-17)12-30-33(21,22)27-9-7-25-5-6-26-8-10-28-34(23,24)31-14-16(4-2)13-29-32(18,19)20/h15-17H,3-14H2,1-2H3,(H,21,22)(H,23,24)(H2,18,19,20)/p-3. The van der Waals surface area contributed by atoms with Crippen LogP contribution in [0.1, 0.15) is 26.7 Å². The van der Waals surface area contributed by atoms with Crippen LogP contribution in [0.2, 0.25) is 0 Å². The van der Waals surface area contributed by atoms with Crippen molar-refractivity contribution in [1.82, 2.24) is 0 Å². The molecule has 0 rings (SSSR count). The maximum Gasteiger partial charge on any atom is 0.267 e. The molecule has 0 aromatic carbocycles. The quantitative estimate of drug-likeness (QED) is 0.119. The highest BCUT2D eigenvalue weighted by atomic mass is 31.2. The zero-order chi connectivity index (χ0) is 26.1. The minimum Gasteiger partial charge on any atom is -0.756 e. The van der Waals surface area contributed by atoms with Crippen molar-refractivity contribution in [3.63, 3.8) is 0 Å². The van der Waals surface area contributed by atoms with Crippen LogP contribution in [0.25, 0.3) is 0 Å². The molecule has 0 saturated carbocycles. The molecule has 206 valence electrons. The zero-order valence-corrected chi connectivity index (χ0v) is 21.9. The van der Waals surface area contributed by atoms with Crippen LogP contribution in [0.5, 0.6) is 0 Å². The van der Waals surface area contributed by atoms with Gasteiger partial charge in [-0.2, -0.15) is 0 Å². The monoisotopic (exact) mass is 559 g/mol. The molecule has 0 aliphatic carbocycles. The van der Waals surface area contributed by atoms with Crippen LogP contribution in [-0.2, 0) is 45.8 Å². The Morgan fingerprint density at radius 2 is 1.03 bits per heavy atom. The Hall–Kier alpha value is 0.210. The van der Waals surface area contributed by atoms with Crippen molar-refractivity contribution in [2.75, 3.05) is 66.1 Å². The SMILES string of the molecule is CCC(CO)COP(=O)([O-])OCCOCCOCCOP(=O)([O-])OCC(CC)COP(=O)([O-])O. The molecule has 34 heavy (non-hydrogen) atoms. The smallest absolute Gasteiger partial charge is 0.267 e. The van der Waals surface area contributed by atoms with Crippen LogP contribution in [-0.4, -0.2) is 76.1 Å². The Kier molecular flexibility index (Phi) is 18.6. The number of ether oxygens (including phenoxy) is 2. The number of rotatable bonds is 23. The van der Waals surface area contributed by atoms with Gasteiger partial charge in [0.1, 0.15) is 0 Å². The van der Waals surface area contributed by atoms with Crippen molar-refractivity contribution < 1.29 is 70.5 Å². The second-order valence-electron chi connectivity index (χ2n) is 6.87. The topological polar surface area (TPSA) is 225 Å². The molecule has 18 heteroatoms.